The monoisotopic (exact) mass is 396 g/mol. The second kappa shape index (κ2) is 9.68. The molecule has 0 bridgehead atoms. The minimum atomic E-state index is -0.284. The molecule has 3 amide bonds. The van der Waals surface area contributed by atoms with Crippen molar-refractivity contribution in [2.24, 2.45) is 0 Å². The molecule has 3 rings (SSSR count). The number of anilines is 1. The van der Waals surface area contributed by atoms with E-state index in [-0.39, 0.29) is 36.3 Å². The molecule has 29 heavy (non-hydrogen) atoms. The summed E-state index contributed by atoms with van der Waals surface area (Å²) in [5.41, 5.74) is 1.07. The predicted octanol–water partition coefficient (Wildman–Crippen LogP) is 1.88. The lowest BCUT2D eigenvalue weighted by Crippen LogP contribution is -2.37. The van der Waals surface area contributed by atoms with Gasteiger partial charge in [0.2, 0.25) is 11.8 Å². The van der Waals surface area contributed by atoms with Crippen LogP contribution in [-0.4, -0.2) is 63.8 Å². The van der Waals surface area contributed by atoms with Gasteiger partial charge in [0.1, 0.15) is 5.75 Å². The van der Waals surface area contributed by atoms with E-state index in [9.17, 15) is 19.5 Å². The van der Waals surface area contributed by atoms with Crippen molar-refractivity contribution in [3.8, 4) is 5.75 Å². The zero-order valence-corrected chi connectivity index (χ0v) is 16.1. The summed E-state index contributed by atoms with van der Waals surface area (Å²) < 4.78 is 0. The van der Waals surface area contributed by atoms with Gasteiger partial charge < -0.3 is 20.2 Å². The van der Waals surface area contributed by atoms with Gasteiger partial charge in [-0.2, -0.15) is 0 Å². The van der Waals surface area contributed by atoms with Gasteiger partial charge in [-0.25, -0.2) is 0 Å². The molecular formula is C21H24N4O4. The van der Waals surface area contributed by atoms with Crippen molar-refractivity contribution in [3.05, 3.63) is 54.4 Å². The molecule has 8 nitrogen and oxygen atoms in total. The number of nitrogens with zero attached hydrogens (tertiary/aromatic N) is 3. The lowest BCUT2D eigenvalue weighted by Gasteiger charge is -2.22. The van der Waals surface area contributed by atoms with Crippen LogP contribution in [0.25, 0.3) is 0 Å². The first-order chi connectivity index (χ1) is 14.0. The smallest absolute Gasteiger partial charge is 0.254 e. The van der Waals surface area contributed by atoms with Gasteiger partial charge in [0.05, 0.1) is 0 Å². The molecule has 0 radical (unpaired) electrons. The van der Waals surface area contributed by atoms with Crippen LogP contribution in [0.3, 0.4) is 0 Å². The van der Waals surface area contributed by atoms with Gasteiger partial charge >= 0.3 is 0 Å². The van der Waals surface area contributed by atoms with E-state index in [2.05, 4.69) is 10.3 Å². The number of hydrogen-bond donors (Lipinski definition) is 2. The topological polar surface area (TPSA) is 103 Å². The van der Waals surface area contributed by atoms with Crippen molar-refractivity contribution in [2.45, 2.75) is 19.3 Å². The van der Waals surface area contributed by atoms with E-state index in [1.165, 1.54) is 12.1 Å². The molecule has 1 fully saturated rings. The van der Waals surface area contributed by atoms with E-state index in [0.717, 1.165) is 0 Å². The van der Waals surface area contributed by atoms with Gasteiger partial charge in [-0.1, -0.05) is 6.07 Å². The fourth-order valence-corrected chi connectivity index (χ4v) is 3.23. The maximum atomic E-state index is 12.6. The number of carbonyl (C=O) groups excluding carboxylic acids is 3. The quantitative estimate of drug-likeness (QED) is 0.803. The number of aromatic nitrogens is 1. The maximum absolute atomic E-state index is 12.6. The third-order valence-corrected chi connectivity index (χ3v) is 4.76. The number of carbonyl (C=O) groups is 3. The molecule has 0 spiro atoms. The largest absolute Gasteiger partial charge is 0.508 e. The van der Waals surface area contributed by atoms with Crippen molar-refractivity contribution in [3.63, 3.8) is 0 Å². The highest BCUT2D eigenvalue weighted by Gasteiger charge is 2.23. The van der Waals surface area contributed by atoms with Gasteiger partial charge in [0, 0.05) is 68.7 Å². The summed E-state index contributed by atoms with van der Waals surface area (Å²) >= 11 is 0. The number of pyridine rings is 1. The average Bonchev–Trinajstić information content (AvgIpc) is 2.98. The summed E-state index contributed by atoms with van der Waals surface area (Å²) in [5, 5.41) is 12.1. The highest BCUT2D eigenvalue weighted by atomic mass is 16.3. The number of benzene rings is 1. The van der Waals surface area contributed by atoms with E-state index >= 15 is 0 Å². The fourth-order valence-electron chi connectivity index (χ4n) is 3.23. The molecule has 2 N–H and O–H groups in total. The summed E-state index contributed by atoms with van der Waals surface area (Å²) in [5.74, 6) is -0.385. The number of amides is 3. The molecule has 152 valence electrons. The van der Waals surface area contributed by atoms with E-state index in [1.54, 1.807) is 46.5 Å². The number of aromatic hydroxyl groups is 1. The number of nitrogens with one attached hydrogen (secondary N) is 1. The van der Waals surface area contributed by atoms with Crippen LogP contribution in [0, 0.1) is 0 Å². The third kappa shape index (κ3) is 5.78. The maximum Gasteiger partial charge on any atom is 0.254 e. The standard InChI is InChI=1S/C21H24N4O4/c26-18-4-1-3-17(15-18)23-19(27)5-6-20(28)24-11-2-12-25(14-13-24)21(29)16-7-9-22-10-8-16/h1,3-4,7-10,15,26H,2,5-6,11-14H2,(H,23,27). The normalized spacial score (nSPS) is 14.2. The lowest BCUT2D eigenvalue weighted by molar-refractivity contribution is -0.132. The van der Waals surface area contributed by atoms with Crippen molar-refractivity contribution >= 4 is 23.4 Å². The van der Waals surface area contributed by atoms with Crippen LogP contribution in [0.15, 0.2) is 48.8 Å². The van der Waals surface area contributed by atoms with Crippen LogP contribution in [0.1, 0.15) is 29.6 Å². The first kappa shape index (κ1) is 20.3. The Hall–Kier alpha value is -3.42. The predicted molar refractivity (Wildman–Crippen MR) is 107 cm³/mol. The molecule has 2 aromatic rings. The van der Waals surface area contributed by atoms with Gasteiger partial charge in [-0.3, -0.25) is 19.4 Å². The molecule has 1 aromatic carbocycles. The van der Waals surface area contributed by atoms with Crippen LogP contribution in [0.4, 0.5) is 5.69 Å². The molecule has 1 saturated heterocycles. The van der Waals surface area contributed by atoms with E-state index in [1.807, 2.05) is 0 Å². The lowest BCUT2D eigenvalue weighted by atomic mass is 10.2. The molecule has 0 atom stereocenters. The van der Waals surface area contributed by atoms with E-state index in [0.29, 0.717) is 43.9 Å². The van der Waals surface area contributed by atoms with Gasteiger partial charge in [-0.05, 0) is 30.7 Å². The second-order valence-corrected chi connectivity index (χ2v) is 6.86. The minimum Gasteiger partial charge on any atom is -0.508 e. The van der Waals surface area contributed by atoms with Crippen LogP contribution in [0.5, 0.6) is 5.75 Å². The molecule has 8 heteroatoms. The van der Waals surface area contributed by atoms with Crippen LogP contribution in [-0.2, 0) is 9.59 Å². The van der Waals surface area contributed by atoms with Gasteiger partial charge in [0.25, 0.3) is 5.91 Å². The first-order valence-corrected chi connectivity index (χ1v) is 9.59. The van der Waals surface area contributed by atoms with Crippen LogP contribution in [0.2, 0.25) is 0 Å². The van der Waals surface area contributed by atoms with Crippen LogP contribution >= 0.6 is 0 Å². The molecule has 1 aliphatic heterocycles. The average molecular weight is 396 g/mol. The van der Waals surface area contributed by atoms with Crippen molar-refractivity contribution in [1.29, 1.82) is 0 Å². The number of phenolic OH excluding ortho intramolecular Hbond substituents is 1. The Bertz CT molecular complexity index is 872. The molecular weight excluding hydrogens is 372 g/mol. The fraction of sp³-hybridized carbons (Fsp3) is 0.333. The molecule has 0 aliphatic carbocycles. The highest BCUT2D eigenvalue weighted by Crippen LogP contribution is 2.16. The summed E-state index contributed by atoms with van der Waals surface area (Å²) in [7, 11) is 0. The molecule has 1 aromatic heterocycles. The molecule has 0 saturated carbocycles. The highest BCUT2D eigenvalue weighted by molar-refractivity contribution is 5.94. The summed E-state index contributed by atoms with van der Waals surface area (Å²) in [6, 6.07) is 9.63. The molecule has 2 heterocycles. The van der Waals surface area contributed by atoms with E-state index < -0.39 is 0 Å². The Morgan fingerprint density at radius 3 is 2.45 bits per heavy atom. The zero-order chi connectivity index (χ0) is 20.6. The van der Waals surface area contributed by atoms with Crippen molar-refractivity contribution < 1.29 is 19.5 Å². The molecule has 0 unspecified atom stereocenters. The van der Waals surface area contributed by atoms with Gasteiger partial charge in [0.15, 0.2) is 0 Å². The Balaban J connectivity index is 1.46. The van der Waals surface area contributed by atoms with Crippen molar-refractivity contribution in [1.82, 2.24) is 14.8 Å². The SMILES string of the molecule is O=C(CCC(=O)N1CCCN(C(=O)c2ccncc2)CC1)Nc1cccc(O)c1. The Morgan fingerprint density at radius 1 is 0.966 bits per heavy atom. The summed E-state index contributed by atoms with van der Waals surface area (Å²) in [6.45, 7) is 2.06. The number of phenols is 1. The second-order valence-electron chi connectivity index (χ2n) is 6.86. The Morgan fingerprint density at radius 2 is 1.69 bits per heavy atom. The van der Waals surface area contributed by atoms with Crippen molar-refractivity contribution in [2.75, 3.05) is 31.5 Å². The van der Waals surface area contributed by atoms with Crippen LogP contribution < -0.4 is 5.32 Å². The van der Waals surface area contributed by atoms with E-state index in [4.69, 9.17) is 0 Å². The first-order valence-electron chi connectivity index (χ1n) is 9.59. The summed E-state index contributed by atoms with van der Waals surface area (Å²) in [4.78, 5) is 44.5. The number of rotatable bonds is 5. The number of hydrogen-bond acceptors (Lipinski definition) is 5. The third-order valence-electron chi connectivity index (χ3n) is 4.76. The molecule has 1 aliphatic rings. The summed E-state index contributed by atoms with van der Waals surface area (Å²) in [6.07, 6.45) is 4.02. The Kier molecular flexibility index (Phi) is 6.78. The Labute approximate surface area is 169 Å². The zero-order valence-electron chi connectivity index (χ0n) is 16.1. The van der Waals surface area contributed by atoms with Gasteiger partial charge in [-0.15, -0.1) is 0 Å². The minimum absolute atomic E-state index is 0.0602.